The van der Waals surface area contributed by atoms with E-state index in [4.69, 9.17) is 10.5 Å². The van der Waals surface area contributed by atoms with Crippen LogP contribution in [0.5, 0.6) is 0 Å². The Morgan fingerprint density at radius 2 is 2.07 bits per heavy atom. The van der Waals surface area contributed by atoms with Crippen molar-refractivity contribution in [2.45, 2.75) is 43.8 Å². The number of carbonyl (C=O) groups excluding carboxylic acids is 2. The van der Waals surface area contributed by atoms with Gasteiger partial charge in [0, 0.05) is 6.04 Å². The predicted molar refractivity (Wildman–Crippen MR) is 52.9 cm³/mol. The van der Waals surface area contributed by atoms with Crippen LogP contribution in [-0.2, 0) is 14.3 Å². The lowest BCUT2D eigenvalue weighted by atomic mass is 9.99. The topological polar surface area (TPSA) is 72.6 Å². The standard InChI is InChI=1S/C10H16N2O3/c1-15-10(14)8-5-3-6-2-4-7(11)9(13)12(6)8/h6-8H,2-5,11H2,1H3/t6?,7-,8-/m0/s1. The molecule has 0 aromatic heterocycles. The molecule has 0 bridgehead atoms. The first kappa shape index (κ1) is 10.4. The van der Waals surface area contributed by atoms with E-state index >= 15 is 0 Å². The van der Waals surface area contributed by atoms with Gasteiger partial charge < -0.3 is 15.4 Å². The fraction of sp³-hybridized carbons (Fsp3) is 0.800. The van der Waals surface area contributed by atoms with E-state index in [1.807, 2.05) is 0 Å². The van der Waals surface area contributed by atoms with Crippen molar-refractivity contribution in [3.8, 4) is 0 Å². The third-order valence-electron chi connectivity index (χ3n) is 3.36. The van der Waals surface area contributed by atoms with Gasteiger partial charge in [0.15, 0.2) is 0 Å². The quantitative estimate of drug-likeness (QED) is 0.602. The maximum absolute atomic E-state index is 11.8. The van der Waals surface area contributed by atoms with E-state index in [0.29, 0.717) is 6.42 Å². The highest BCUT2D eigenvalue weighted by Crippen LogP contribution is 2.32. The number of amides is 1. The van der Waals surface area contributed by atoms with Crippen molar-refractivity contribution in [1.29, 1.82) is 0 Å². The SMILES string of the molecule is COC(=O)[C@@H]1CCC2CC[C@H](N)C(=O)N21. The van der Waals surface area contributed by atoms with Crippen molar-refractivity contribution in [3.05, 3.63) is 0 Å². The Morgan fingerprint density at radius 3 is 2.73 bits per heavy atom. The number of rotatable bonds is 1. The van der Waals surface area contributed by atoms with E-state index in [-0.39, 0.29) is 17.9 Å². The van der Waals surface area contributed by atoms with Crippen LogP contribution in [0, 0.1) is 0 Å². The largest absolute Gasteiger partial charge is 0.467 e. The molecule has 2 heterocycles. The van der Waals surface area contributed by atoms with Crippen molar-refractivity contribution >= 4 is 11.9 Å². The Labute approximate surface area is 88.5 Å². The Morgan fingerprint density at radius 1 is 1.40 bits per heavy atom. The number of piperidine rings is 1. The molecule has 0 radical (unpaired) electrons. The van der Waals surface area contributed by atoms with Crippen LogP contribution in [0.25, 0.3) is 0 Å². The molecule has 2 aliphatic heterocycles. The smallest absolute Gasteiger partial charge is 0.328 e. The highest BCUT2D eigenvalue weighted by molar-refractivity contribution is 5.89. The zero-order valence-electron chi connectivity index (χ0n) is 8.81. The highest BCUT2D eigenvalue weighted by Gasteiger charge is 2.45. The van der Waals surface area contributed by atoms with Gasteiger partial charge >= 0.3 is 5.97 Å². The molecule has 5 heteroatoms. The van der Waals surface area contributed by atoms with Gasteiger partial charge in [0.25, 0.3) is 0 Å². The van der Waals surface area contributed by atoms with Crippen LogP contribution in [0.15, 0.2) is 0 Å². The number of nitrogens with zero attached hydrogens (tertiary/aromatic N) is 1. The number of methoxy groups -OCH3 is 1. The maximum Gasteiger partial charge on any atom is 0.328 e. The van der Waals surface area contributed by atoms with Crippen LogP contribution >= 0.6 is 0 Å². The summed E-state index contributed by atoms with van der Waals surface area (Å²) in [5, 5.41) is 0. The average molecular weight is 212 g/mol. The van der Waals surface area contributed by atoms with E-state index in [1.54, 1.807) is 4.90 Å². The van der Waals surface area contributed by atoms with Crippen LogP contribution in [0.2, 0.25) is 0 Å². The normalized spacial score (nSPS) is 35.2. The number of nitrogens with two attached hydrogens (primary N) is 1. The molecule has 0 spiro atoms. The van der Waals surface area contributed by atoms with Crippen LogP contribution in [0.1, 0.15) is 25.7 Å². The molecule has 0 saturated carbocycles. The second-order valence-corrected chi connectivity index (χ2v) is 4.20. The first-order chi connectivity index (χ1) is 7.15. The minimum atomic E-state index is -0.438. The van der Waals surface area contributed by atoms with Gasteiger partial charge in [0.05, 0.1) is 13.2 Å². The summed E-state index contributed by atoms with van der Waals surface area (Å²) < 4.78 is 4.69. The van der Waals surface area contributed by atoms with Gasteiger partial charge in [-0.05, 0) is 25.7 Å². The summed E-state index contributed by atoms with van der Waals surface area (Å²) in [6, 6.07) is -0.647. The lowest BCUT2D eigenvalue weighted by Gasteiger charge is -2.35. The Hall–Kier alpha value is -1.10. The molecule has 2 saturated heterocycles. The van der Waals surface area contributed by atoms with E-state index in [1.165, 1.54) is 7.11 Å². The molecule has 2 rings (SSSR count). The van der Waals surface area contributed by atoms with Crippen LogP contribution in [-0.4, -0.2) is 42.0 Å². The number of fused-ring (bicyclic) bond motifs is 1. The number of hydrogen-bond donors (Lipinski definition) is 1. The van der Waals surface area contributed by atoms with Gasteiger partial charge in [-0.3, -0.25) is 4.79 Å². The fourth-order valence-electron chi connectivity index (χ4n) is 2.55. The number of hydrogen-bond acceptors (Lipinski definition) is 4. The van der Waals surface area contributed by atoms with Gasteiger partial charge in [-0.15, -0.1) is 0 Å². The lowest BCUT2D eigenvalue weighted by Crippen LogP contribution is -2.55. The summed E-state index contributed by atoms with van der Waals surface area (Å²) in [4.78, 5) is 24.9. The summed E-state index contributed by atoms with van der Waals surface area (Å²) >= 11 is 0. The minimum Gasteiger partial charge on any atom is -0.467 e. The zero-order valence-corrected chi connectivity index (χ0v) is 8.81. The highest BCUT2D eigenvalue weighted by atomic mass is 16.5. The van der Waals surface area contributed by atoms with Crippen molar-refractivity contribution in [1.82, 2.24) is 4.90 Å². The minimum absolute atomic E-state index is 0.0980. The zero-order chi connectivity index (χ0) is 11.0. The van der Waals surface area contributed by atoms with E-state index in [2.05, 4.69) is 0 Å². The molecular formula is C10H16N2O3. The average Bonchev–Trinajstić information content (AvgIpc) is 2.67. The summed E-state index contributed by atoms with van der Waals surface area (Å²) in [5.41, 5.74) is 5.69. The molecule has 2 N–H and O–H groups in total. The second kappa shape index (κ2) is 3.81. The molecule has 2 fully saturated rings. The molecule has 1 amide bonds. The van der Waals surface area contributed by atoms with Gasteiger partial charge in [0.2, 0.25) is 5.91 Å². The molecule has 0 aliphatic carbocycles. The van der Waals surface area contributed by atoms with E-state index in [9.17, 15) is 9.59 Å². The van der Waals surface area contributed by atoms with Gasteiger partial charge in [-0.25, -0.2) is 4.79 Å². The summed E-state index contributed by atoms with van der Waals surface area (Å²) in [6.45, 7) is 0. The number of carbonyl (C=O) groups is 2. The molecule has 5 nitrogen and oxygen atoms in total. The second-order valence-electron chi connectivity index (χ2n) is 4.20. The Balaban J connectivity index is 2.17. The summed E-state index contributed by atoms with van der Waals surface area (Å²) in [5.74, 6) is -0.417. The van der Waals surface area contributed by atoms with Crippen LogP contribution in [0.3, 0.4) is 0 Å². The van der Waals surface area contributed by atoms with Gasteiger partial charge in [-0.1, -0.05) is 0 Å². The van der Waals surface area contributed by atoms with E-state index in [0.717, 1.165) is 19.3 Å². The first-order valence-corrected chi connectivity index (χ1v) is 5.30. The predicted octanol–water partition coefficient (Wildman–Crippen LogP) is -0.360. The third-order valence-corrected chi connectivity index (χ3v) is 3.36. The molecule has 2 aliphatic rings. The fourth-order valence-corrected chi connectivity index (χ4v) is 2.55. The Bertz CT molecular complexity index is 292. The monoisotopic (exact) mass is 212 g/mol. The van der Waals surface area contributed by atoms with Gasteiger partial charge in [-0.2, -0.15) is 0 Å². The van der Waals surface area contributed by atoms with Crippen molar-refractivity contribution < 1.29 is 14.3 Å². The molecule has 15 heavy (non-hydrogen) atoms. The molecular weight excluding hydrogens is 196 g/mol. The third kappa shape index (κ3) is 1.61. The molecule has 0 aromatic rings. The van der Waals surface area contributed by atoms with Crippen molar-refractivity contribution in [2.24, 2.45) is 5.73 Å². The Kier molecular flexibility index (Phi) is 2.65. The maximum atomic E-state index is 11.8. The summed E-state index contributed by atoms with van der Waals surface area (Å²) in [6.07, 6.45) is 3.22. The molecule has 84 valence electrons. The first-order valence-electron chi connectivity index (χ1n) is 5.30. The molecule has 3 atom stereocenters. The van der Waals surface area contributed by atoms with Crippen LogP contribution in [0.4, 0.5) is 0 Å². The molecule has 1 unspecified atom stereocenters. The van der Waals surface area contributed by atoms with Gasteiger partial charge in [0.1, 0.15) is 6.04 Å². The van der Waals surface area contributed by atoms with E-state index < -0.39 is 12.1 Å². The van der Waals surface area contributed by atoms with Crippen molar-refractivity contribution in [3.63, 3.8) is 0 Å². The van der Waals surface area contributed by atoms with Crippen LogP contribution < -0.4 is 5.73 Å². The number of ether oxygens (including phenoxy) is 1. The van der Waals surface area contributed by atoms with Crippen molar-refractivity contribution in [2.75, 3.05) is 7.11 Å². The molecule has 0 aromatic carbocycles. The number of esters is 1. The summed E-state index contributed by atoms with van der Waals surface area (Å²) in [7, 11) is 1.35. The lowest BCUT2D eigenvalue weighted by molar-refractivity contribution is -0.154.